The van der Waals surface area contributed by atoms with E-state index in [1.807, 2.05) is 52.8 Å². The number of nitrogens with zero attached hydrogens (tertiary/aromatic N) is 2. The number of anilines is 1. The molecule has 0 saturated heterocycles. The van der Waals surface area contributed by atoms with Gasteiger partial charge in [-0.2, -0.15) is 0 Å². The number of aryl methyl sites for hydroxylation is 2. The number of benzene rings is 1. The van der Waals surface area contributed by atoms with E-state index in [0.717, 1.165) is 11.1 Å². The molecule has 0 aliphatic rings. The second-order valence-electron chi connectivity index (χ2n) is 7.00. The van der Waals surface area contributed by atoms with E-state index in [1.54, 1.807) is 18.3 Å². The Morgan fingerprint density at radius 1 is 1.08 bits per heavy atom. The number of hydrogen-bond acceptors (Lipinski definition) is 3. The highest BCUT2D eigenvalue weighted by atomic mass is 16.2. The predicted molar refractivity (Wildman–Crippen MR) is 98.2 cm³/mol. The molecule has 0 aliphatic heterocycles. The zero-order chi connectivity index (χ0) is 18.6. The fraction of sp³-hybridized carbons (Fsp3) is 0.316. The number of pyridine rings is 1. The van der Waals surface area contributed by atoms with Crippen LogP contribution in [0.5, 0.6) is 0 Å². The van der Waals surface area contributed by atoms with E-state index in [9.17, 15) is 9.59 Å². The van der Waals surface area contributed by atoms with Gasteiger partial charge in [-0.05, 0) is 58.9 Å². The fourth-order valence-corrected chi connectivity index (χ4v) is 2.45. The summed E-state index contributed by atoms with van der Waals surface area (Å²) in [6.45, 7) is 9.45. The molecular formula is C19H24N4O2. The van der Waals surface area contributed by atoms with E-state index in [4.69, 9.17) is 0 Å². The first-order valence-electron chi connectivity index (χ1n) is 8.07. The maximum atomic E-state index is 13.0. The number of nitrogens with one attached hydrogen (secondary N) is 2. The second-order valence-corrected chi connectivity index (χ2v) is 7.00. The first kappa shape index (κ1) is 18.4. The van der Waals surface area contributed by atoms with Crippen LogP contribution in [0.1, 0.15) is 42.3 Å². The summed E-state index contributed by atoms with van der Waals surface area (Å²) in [6, 6.07) is 8.57. The van der Waals surface area contributed by atoms with Crippen molar-refractivity contribution in [3.8, 4) is 0 Å². The standard InChI is InChI=1S/C19H24N4O2/c1-13-9-14(2)11-15(10-13)17(24)23(19(3,4)5)22-18(25)21-16-7-6-8-20-12-16/h6-12H,1-5H3,(H2,21,22,25). The van der Waals surface area contributed by atoms with Crippen LogP contribution in [-0.4, -0.2) is 27.5 Å². The summed E-state index contributed by atoms with van der Waals surface area (Å²) in [5.74, 6) is -0.263. The normalized spacial score (nSPS) is 10.9. The molecule has 0 bridgehead atoms. The van der Waals surface area contributed by atoms with Gasteiger partial charge in [-0.25, -0.2) is 15.2 Å². The van der Waals surface area contributed by atoms with E-state index in [0.29, 0.717) is 11.3 Å². The van der Waals surface area contributed by atoms with Crippen LogP contribution >= 0.6 is 0 Å². The quantitative estimate of drug-likeness (QED) is 0.819. The molecule has 25 heavy (non-hydrogen) atoms. The highest BCUT2D eigenvalue weighted by molar-refractivity contribution is 5.97. The maximum Gasteiger partial charge on any atom is 0.338 e. The van der Waals surface area contributed by atoms with Gasteiger partial charge in [0, 0.05) is 11.8 Å². The van der Waals surface area contributed by atoms with E-state index in [-0.39, 0.29) is 5.91 Å². The molecule has 0 spiro atoms. The van der Waals surface area contributed by atoms with Crippen molar-refractivity contribution in [1.29, 1.82) is 0 Å². The van der Waals surface area contributed by atoms with Gasteiger partial charge in [-0.3, -0.25) is 9.78 Å². The fourth-order valence-electron chi connectivity index (χ4n) is 2.45. The largest absolute Gasteiger partial charge is 0.338 e. The molecule has 1 aromatic heterocycles. The molecule has 1 aromatic carbocycles. The number of hydrogen-bond donors (Lipinski definition) is 2. The van der Waals surface area contributed by atoms with Crippen molar-refractivity contribution in [2.75, 3.05) is 5.32 Å². The van der Waals surface area contributed by atoms with E-state index in [2.05, 4.69) is 15.7 Å². The van der Waals surface area contributed by atoms with Crippen molar-refractivity contribution in [3.63, 3.8) is 0 Å². The summed E-state index contributed by atoms with van der Waals surface area (Å²) >= 11 is 0. The van der Waals surface area contributed by atoms with Gasteiger partial charge in [0.05, 0.1) is 17.4 Å². The van der Waals surface area contributed by atoms with Crippen molar-refractivity contribution in [1.82, 2.24) is 15.4 Å². The molecule has 3 amide bonds. The Hall–Kier alpha value is -2.89. The van der Waals surface area contributed by atoms with Gasteiger partial charge in [0.15, 0.2) is 0 Å². The molecule has 0 fully saturated rings. The molecule has 1 heterocycles. The van der Waals surface area contributed by atoms with Gasteiger partial charge in [-0.15, -0.1) is 0 Å². The Morgan fingerprint density at radius 3 is 2.24 bits per heavy atom. The monoisotopic (exact) mass is 340 g/mol. The van der Waals surface area contributed by atoms with E-state index < -0.39 is 11.6 Å². The first-order valence-corrected chi connectivity index (χ1v) is 8.07. The summed E-state index contributed by atoms with van der Waals surface area (Å²) in [4.78, 5) is 29.2. The molecule has 2 rings (SSSR count). The molecule has 0 atom stereocenters. The van der Waals surface area contributed by atoms with Crippen molar-refractivity contribution in [2.24, 2.45) is 0 Å². The average Bonchev–Trinajstić information content (AvgIpc) is 2.51. The molecule has 0 aliphatic carbocycles. The molecular weight excluding hydrogens is 316 g/mol. The van der Waals surface area contributed by atoms with Crippen LogP contribution < -0.4 is 10.7 Å². The van der Waals surface area contributed by atoms with Gasteiger partial charge in [-0.1, -0.05) is 17.2 Å². The molecule has 132 valence electrons. The third-order valence-electron chi connectivity index (χ3n) is 3.48. The lowest BCUT2D eigenvalue weighted by molar-refractivity contribution is 0.0460. The summed E-state index contributed by atoms with van der Waals surface area (Å²) in [7, 11) is 0. The zero-order valence-electron chi connectivity index (χ0n) is 15.3. The molecule has 2 aromatic rings. The number of carbonyl (C=O) groups excluding carboxylic acids is 2. The minimum Gasteiger partial charge on any atom is -0.305 e. The minimum absolute atomic E-state index is 0.263. The minimum atomic E-state index is -0.596. The first-order chi connectivity index (χ1) is 11.7. The van der Waals surface area contributed by atoms with Crippen LogP contribution in [0, 0.1) is 13.8 Å². The van der Waals surface area contributed by atoms with Crippen LogP contribution in [0.15, 0.2) is 42.7 Å². The number of hydrazine groups is 1. The average molecular weight is 340 g/mol. The van der Waals surface area contributed by atoms with Crippen molar-refractivity contribution in [2.45, 2.75) is 40.2 Å². The van der Waals surface area contributed by atoms with E-state index in [1.165, 1.54) is 11.2 Å². The molecule has 0 unspecified atom stereocenters. The van der Waals surface area contributed by atoms with Crippen LogP contribution in [-0.2, 0) is 0 Å². The van der Waals surface area contributed by atoms with Crippen molar-refractivity contribution >= 4 is 17.6 Å². The van der Waals surface area contributed by atoms with E-state index >= 15 is 0 Å². The SMILES string of the molecule is Cc1cc(C)cc(C(=O)N(NC(=O)Nc2cccnc2)C(C)(C)C)c1. The predicted octanol–water partition coefficient (Wildman–Crippen LogP) is 3.68. The van der Waals surface area contributed by atoms with Crippen LogP contribution in [0.25, 0.3) is 0 Å². The summed E-state index contributed by atoms with van der Waals surface area (Å²) in [5.41, 5.74) is 5.13. The van der Waals surface area contributed by atoms with Crippen LogP contribution in [0.3, 0.4) is 0 Å². The lowest BCUT2D eigenvalue weighted by atomic mass is 10.0. The Bertz CT molecular complexity index is 746. The topological polar surface area (TPSA) is 74.3 Å². The highest BCUT2D eigenvalue weighted by Gasteiger charge is 2.29. The van der Waals surface area contributed by atoms with Gasteiger partial charge in [0.1, 0.15) is 0 Å². The smallest absolute Gasteiger partial charge is 0.305 e. The Balaban J connectivity index is 2.21. The van der Waals surface area contributed by atoms with Crippen LogP contribution in [0.4, 0.5) is 10.5 Å². The van der Waals surface area contributed by atoms with Gasteiger partial charge in [0.25, 0.3) is 5.91 Å². The number of aromatic nitrogens is 1. The maximum absolute atomic E-state index is 13.0. The Morgan fingerprint density at radius 2 is 1.72 bits per heavy atom. The summed E-state index contributed by atoms with van der Waals surface area (Å²) < 4.78 is 0. The van der Waals surface area contributed by atoms with Crippen LogP contribution in [0.2, 0.25) is 0 Å². The van der Waals surface area contributed by atoms with Crippen molar-refractivity contribution in [3.05, 3.63) is 59.4 Å². The highest BCUT2D eigenvalue weighted by Crippen LogP contribution is 2.17. The Kier molecular flexibility index (Phi) is 5.41. The second kappa shape index (κ2) is 7.34. The molecule has 6 heteroatoms. The number of urea groups is 1. The molecule has 2 N–H and O–H groups in total. The van der Waals surface area contributed by atoms with Gasteiger partial charge in [0.2, 0.25) is 0 Å². The van der Waals surface area contributed by atoms with Gasteiger partial charge < -0.3 is 5.32 Å². The number of rotatable bonds is 2. The van der Waals surface area contributed by atoms with Crippen molar-refractivity contribution < 1.29 is 9.59 Å². The van der Waals surface area contributed by atoms with Gasteiger partial charge >= 0.3 is 6.03 Å². The summed E-state index contributed by atoms with van der Waals surface area (Å²) in [5, 5.41) is 4.01. The number of carbonyl (C=O) groups is 2. The molecule has 6 nitrogen and oxygen atoms in total. The lowest BCUT2D eigenvalue weighted by Gasteiger charge is -2.35. The lowest BCUT2D eigenvalue weighted by Crippen LogP contribution is -2.56. The molecule has 0 radical (unpaired) electrons. The number of amides is 3. The third-order valence-corrected chi connectivity index (χ3v) is 3.48. The summed E-state index contributed by atoms with van der Waals surface area (Å²) in [6.07, 6.45) is 3.15. The zero-order valence-corrected chi connectivity index (χ0v) is 15.3. The Labute approximate surface area is 148 Å². The third kappa shape index (κ3) is 5.04. The molecule has 0 saturated carbocycles.